The number of aliphatic carboxylic acids is 1. The van der Waals surface area contributed by atoms with Crippen LogP contribution in [0.15, 0.2) is 42.7 Å². The number of aryl methyl sites for hydroxylation is 1. The van der Waals surface area contributed by atoms with E-state index >= 15 is 0 Å². The highest BCUT2D eigenvalue weighted by Crippen LogP contribution is 2.63. The fraction of sp³-hybridized carbons (Fsp3) is 0.464. The van der Waals surface area contributed by atoms with Gasteiger partial charge in [0.2, 0.25) is 0 Å². The van der Waals surface area contributed by atoms with Gasteiger partial charge in [0.15, 0.2) is 0 Å². The lowest BCUT2D eigenvalue weighted by Crippen LogP contribution is -2.41. The maximum absolute atomic E-state index is 13.9. The van der Waals surface area contributed by atoms with E-state index in [0.29, 0.717) is 36.3 Å². The van der Waals surface area contributed by atoms with Gasteiger partial charge in [-0.05, 0) is 102 Å². The van der Waals surface area contributed by atoms with Gasteiger partial charge in [0.25, 0.3) is 5.91 Å². The molecule has 1 saturated carbocycles. The van der Waals surface area contributed by atoms with Gasteiger partial charge in [0.1, 0.15) is 5.82 Å². The standard InChI is InChI=1S/C28H31FN2O3/c1-28-11-10-22-21-6-5-18(27(34)31-12-2-3-26(32)33)13-17(21)4-7-23(22)25(28)9-8-24(28)19-14-20(29)16-30-15-19/h5-6,8,13-16,22-23,25H,2-4,7,9-12H2,1H3,(H,31,34)(H,32,33)/t22-,23-,25+,28-/m1/s1. The van der Waals surface area contributed by atoms with Crippen LogP contribution in [0.1, 0.15) is 78.4 Å². The molecule has 1 aromatic carbocycles. The topological polar surface area (TPSA) is 79.3 Å². The third kappa shape index (κ3) is 4.04. The quantitative estimate of drug-likeness (QED) is 0.566. The number of halogens is 1. The summed E-state index contributed by atoms with van der Waals surface area (Å²) in [6, 6.07) is 7.70. The van der Waals surface area contributed by atoms with Gasteiger partial charge in [-0.25, -0.2) is 4.39 Å². The van der Waals surface area contributed by atoms with Crippen molar-refractivity contribution in [2.75, 3.05) is 6.54 Å². The highest BCUT2D eigenvalue weighted by Gasteiger charge is 2.52. The van der Waals surface area contributed by atoms with Crippen molar-refractivity contribution >= 4 is 17.4 Å². The molecule has 0 unspecified atom stereocenters. The minimum absolute atomic E-state index is 0.0456. The van der Waals surface area contributed by atoms with Gasteiger partial charge >= 0.3 is 5.97 Å². The molecule has 3 aliphatic carbocycles. The number of hydrogen-bond donors (Lipinski definition) is 2. The summed E-state index contributed by atoms with van der Waals surface area (Å²) in [6.07, 6.45) is 11.1. The Bertz CT molecular complexity index is 1160. The van der Waals surface area contributed by atoms with Crippen LogP contribution in [0, 0.1) is 23.1 Å². The fourth-order valence-electron chi connectivity index (χ4n) is 6.84. The summed E-state index contributed by atoms with van der Waals surface area (Å²) in [7, 11) is 0. The molecule has 0 spiro atoms. The summed E-state index contributed by atoms with van der Waals surface area (Å²) < 4.78 is 13.9. The number of rotatable bonds is 6. The van der Waals surface area contributed by atoms with Gasteiger partial charge in [-0.1, -0.05) is 19.1 Å². The molecule has 6 heteroatoms. The first kappa shape index (κ1) is 22.8. The molecule has 0 aliphatic heterocycles. The molecule has 1 heterocycles. The Labute approximate surface area is 199 Å². The van der Waals surface area contributed by atoms with Gasteiger partial charge in [-0.2, -0.15) is 0 Å². The summed E-state index contributed by atoms with van der Waals surface area (Å²) in [5, 5.41) is 11.6. The number of carbonyl (C=O) groups is 2. The monoisotopic (exact) mass is 462 g/mol. The van der Waals surface area contributed by atoms with Crippen LogP contribution in [0.4, 0.5) is 4.39 Å². The summed E-state index contributed by atoms with van der Waals surface area (Å²) in [6.45, 7) is 2.72. The molecule has 34 heavy (non-hydrogen) atoms. The number of aromatic nitrogens is 1. The fourth-order valence-corrected chi connectivity index (χ4v) is 6.84. The van der Waals surface area contributed by atoms with Crippen molar-refractivity contribution in [3.63, 3.8) is 0 Å². The van der Waals surface area contributed by atoms with Crippen molar-refractivity contribution in [1.29, 1.82) is 0 Å². The number of pyridine rings is 1. The lowest BCUT2D eigenvalue weighted by atomic mass is 9.54. The van der Waals surface area contributed by atoms with Crippen LogP contribution >= 0.6 is 0 Å². The van der Waals surface area contributed by atoms with Crippen molar-refractivity contribution in [1.82, 2.24) is 10.3 Å². The van der Waals surface area contributed by atoms with Crippen LogP contribution in [-0.2, 0) is 11.2 Å². The molecule has 3 aliphatic rings. The Kier molecular flexibility index (Phi) is 6.00. The average Bonchev–Trinajstić information content (AvgIpc) is 3.18. The second kappa shape index (κ2) is 8.97. The first-order valence-corrected chi connectivity index (χ1v) is 12.3. The molecular formula is C28H31FN2O3. The molecule has 178 valence electrons. The number of carboxylic acids is 1. The number of carboxylic acid groups (broad SMARTS) is 1. The lowest BCUT2D eigenvalue weighted by molar-refractivity contribution is -0.137. The third-order valence-electron chi connectivity index (χ3n) is 8.44. The highest BCUT2D eigenvalue weighted by atomic mass is 19.1. The number of allylic oxidation sites excluding steroid dienone is 2. The molecule has 5 nitrogen and oxygen atoms in total. The van der Waals surface area contributed by atoms with E-state index in [2.05, 4.69) is 29.4 Å². The van der Waals surface area contributed by atoms with Crippen molar-refractivity contribution in [3.05, 3.63) is 70.8 Å². The molecule has 1 fully saturated rings. The van der Waals surface area contributed by atoms with E-state index < -0.39 is 5.97 Å². The van der Waals surface area contributed by atoms with E-state index in [-0.39, 0.29) is 23.6 Å². The summed E-state index contributed by atoms with van der Waals surface area (Å²) >= 11 is 0. The number of benzene rings is 1. The van der Waals surface area contributed by atoms with Crippen LogP contribution in [0.25, 0.3) is 5.57 Å². The minimum atomic E-state index is -0.849. The van der Waals surface area contributed by atoms with E-state index in [1.165, 1.54) is 22.9 Å². The normalized spacial score (nSPS) is 27.2. The third-order valence-corrected chi connectivity index (χ3v) is 8.44. The van der Waals surface area contributed by atoms with Crippen LogP contribution in [0.5, 0.6) is 0 Å². The number of nitrogens with zero attached hydrogens (tertiary/aromatic N) is 1. The van der Waals surface area contributed by atoms with E-state index in [0.717, 1.165) is 37.7 Å². The van der Waals surface area contributed by atoms with E-state index in [4.69, 9.17) is 5.11 Å². The Hall–Kier alpha value is -3.02. The van der Waals surface area contributed by atoms with Crippen molar-refractivity contribution in [2.24, 2.45) is 17.3 Å². The number of carbonyl (C=O) groups excluding carboxylic acids is 1. The largest absolute Gasteiger partial charge is 0.481 e. The van der Waals surface area contributed by atoms with Crippen LogP contribution in [0.3, 0.4) is 0 Å². The van der Waals surface area contributed by atoms with Crippen LogP contribution in [0.2, 0.25) is 0 Å². The zero-order chi connectivity index (χ0) is 23.9. The number of fused-ring (bicyclic) bond motifs is 5. The molecule has 0 bridgehead atoms. The zero-order valence-corrected chi connectivity index (χ0v) is 19.5. The molecule has 1 aromatic heterocycles. The summed E-state index contributed by atoms with van der Waals surface area (Å²) in [5.41, 5.74) is 5.51. The minimum Gasteiger partial charge on any atom is -0.481 e. The second-order valence-corrected chi connectivity index (χ2v) is 10.3. The van der Waals surface area contributed by atoms with Crippen LogP contribution in [-0.4, -0.2) is 28.5 Å². The maximum Gasteiger partial charge on any atom is 0.303 e. The molecule has 2 aromatic rings. The zero-order valence-electron chi connectivity index (χ0n) is 19.5. The van der Waals surface area contributed by atoms with Crippen molar-refractivity contribution in [3.8, 4) is 0 Å². The van der Waals surface area contributed by atoms with Gasteiger partial charge in [0.05, 0.1) is 6.20 Å². The number of hydrogen-bond acceptors (Lipinski definition) is 3. The van der Waals surface area contributed by atoms with E-state index in [1.807, 2.05) is 12.1 Å². The molecule has 1 amide bonds. The molecular weight excluding hydrogens is 431 g/mol. The van der Waals surface area contributed by atoms with Crippen molar-refractivity contribution < 1.29 is 19.1 Å². The first-order chi connectivity index (χ1) is 16.4. The predicted octanol–water partition coefficient (Wildman–Crippen LogP) is 5.36. The highest BCUT2D eigenvalue weighted by molar-refractivity contribution is 5.94. The summed E-state index contributed by atoms with van der Waals surface area (Å²) in [5.74, 6) is 0.339. The molecule has 0 saturated heterocycles. The van der Waals surface area contributed by atoms with Gasteiger partial charge in [0, 0.05) is 24.7 Å². The summed E-state index contributed by atoms with van der Waals surface area (Å²) in [4.78, 5) is 27.3. The van der Waals surface area contributed by atoms with E-state index in [1.54, 1.807) is 12.3 Å². The molecule has 2 N–H and O–H groups in total. The van der Waals surface area contributed by atoms with Gasteiger partial charge in [-0.3, -0.25) is 14.6 Å². The smallest absolute Gasteiger partial charge is 0.303 e. The Morgan fingerprint density at radius 1 is 1.24 bits per heavy atom. The Morgan fingerprint density at radius 3 is 2.88 bits per heavy atom. The molecule has 0 radical (unpaired) electrons. The number of nitrogens with one attached hydrogen (secondary N) is 1. The van der Waals surface area contributed by atoms with Crippen LogP contribution < -0.4 is 5.32 Å². The van der Waals surface area contributed by atoms with Gasteiger partial charge < -0.3 is 10.4 Å². The second-order valence-electron chi connectivity index (χ2n) is 10.3. The van der Waals surface area contributed by atoms with Crippen molar-refractivity contribution in [2.45, 2.75) is 57.8 Å². The van der Waals surface area contributed by atoms with E-state index in [9.17, 15) is 14.0 Å². The SMILES string of the molecule is C[C@]12CC[C@@H]3c4ccc(C(=O)NCCCC(=O)O)cc4CC[C@H]3[C@@H]1CC=C2c1cncc(F)c1. The number of amides is 1. The van der Waals surface area contributed by atoms with Gasteiger partial charge in [-0.15, -0.1) is 0 Å². The Balaban J connectivity index is 1.31. The Morgan fingerprint density at radius 2 is 2.09 bits per heavy atom. The lowest BCUT2D eigenvalue weighted by Gasteiger charge is -2.50. The molecule has 4 atom stereocenters. The first-order valence-electron chi connectivity index (χ1n) is 12.3. The molecule has 5 rings (SSSR count). The average molecular weight is 463 g/mol. The predicted molar refractivity (Wildman–Crippen MR) is 128 cm³/mol. The maximum atomic E-state index is 13.9.